The summed E-state index contributed by atoms with van der Waals surface area (Å²) < 4.78 is 5.64. The molecule has 2 aromatic carbocycles. The number of nitrogens with two attached hydrogens (primary N) is 3. The van der Waals surface area contributed by atoms with Gasteiger partial charge < -0.3 is 37.1 Å². The van der Waals surface area contributed by atoms with Gasteiger partial charge in [-0.25, -0.2) is 4.79 Å². The zero-order valence-corrected chi connectivity index (χ0v) is 17.4. The predicted octanol–water partition coefficient (Wildman–Crippen LogP) is 1.98. The molecule has 0 spiro atoms. The fraction of sp³-hybridized carbons (Fsp3) is 0.261. The Labute approximate surface area is 181 Å². The second-order valence-corrected chi connectivity index (χ2v) is 7.58. The zero-order chi connectivity index (χ0) is 22.5. The molecule has 0 amide bonds. The number of aromatic carboxylic acids is 1. The number of likely N-dealkylation sites (tertiary alicyclic amines) is 1. The molecule has 8 N–H and O–H groups in total. The van der Waals surface area contributed by atoms with Crippen LogP contribution in [0.25, 0.3) is 5.70 Å². The minimum absolute atomic E-state index is 0.0657. The van der Waals surface area contributed by atoms with Crippen molar-refractivity contribution in [1.82, 2.24) is 4.90 Å². The molecule has 3 rings (SSSR count). The van der Waals surface area contributed by atoms with Crippen molar-refractivity contribution >= 4 is 11.7 Å². The van der Waals surface area contributed by atoms with E-state index >= 15 is 0 Å². The standard InChI is InChI=1S/C23H28N4O4/c1-31-17-10-16(14-6-8-15(9-7-14)23(29)30)12-27(13-17)20(22(25)26)11-19(24)18-4-2-3-5-21(18)28/h2-9,11,16-17,28H,10,12-13,24-26H2,1H3,(H,29,30)/b19-11-. The number of carboxylic acid groups (broad SMARTS) is 1. The SMILES string of the molecule is COC1CC(c2ccc(C(=O)O)cc2)CN(C(/C=C(\N)c2ccccc2O)=C(N)N)C1. The van der Waals surface area contributed by atoms with Crippen LogP contribution in [0.1, 0.15) is 33.8 Å². The van der Waals surface area contributed by atoms with Gasteiger partial charge in [-0.05, 0) is 42.3 Å². The molecule has 8 nitrogen and oxygen atoms in total. The summed E-state index contributed by atoms with van der Waals surface area (Å²) in [6, 6.07) is 13.6. The van der Waals surface area contributed by atoms with E-state index in [4.69, 9.17) is 27.0 Å². The number of phenols is 1. The summed E-state index contributed by atoms with van der Waals surface area (Å²) in [4.78, 5) is 13.2. The summed E-state index contributed by atoms with van der Waals surface area (Å²) in [6.45, 7) is 1.17. The Hall–Kier alpha value is -3.65. The molecular weight excluding hydrogens is 396 g/mol. The molecule has 1 saturated heterocycles. The Bertz CT molecular complexity index is 997. The number of piperidine rings is 1. The van der Waals surface area contributed by atoms with Crippen LogP contribution in [0.5, 0.6) is 5.75 Å². The monoisotopic (exact) mass is 424 g/mol. The first-order valence-corrected chi connectivity index (χ1v) is 9.92. The highest BCUT2D eigenvalue weighted by Gasteiger charge is 2.30. The number of allylic oxidation sites excluding steroid dienone is 1. The van der Waals surface area contributed by atoms with E-state index in [2.05, 4.69) is 0 Å². The van der Waals surface area contributed by atoms with E-state index < -0.39 is 5.97 Å². The van der Waals surface area contributed by atoms with Gasteiger partial charge in [-0.1, -0.05) is 24.3 Å². The molecule has 1 aliphatic heterocycles. The lowest BCUT2D eigenvalue weighted by atomic mass is 9.88. The molecule has 31 heavy (non-hydrogen) atoms. The number of hydrogen-bond donors (Lipinski definition) is 5. The van der Waals surface area contributed by atoms with Crippen molar-refractivity contribution in [3.63, 3.8) is 0 Å². The van der Waals surface area contributed by atoms with Crippen molar-refractivity contribution in [3.8, 4) is 5.75 Å². The summed E-state index contributed by atoms with van der Waals surface area (Å²) in [5.74, 6) is -0.709. The Morgan fingerprint density at radius 3 is 2.35 bits per heavy atom. The van der Waals surface area contributed by atoms with E-state index in [9.17, 15) is 9.90 Å². The van der Waals surface area contributed by atoms with E-state index in [0.717, 1.165) is 12.0 Å². The van der Waals surface area contributed by atoms with Crippen LogP contribution in [0.3, 0.4) is 0 Å². The summed E-state index contributed by atoms with van der Waals surface area (Å²) in [6.07, 6.45) is 2.36. The van der Waals surface area contributed by atoms with Crippen LogP contribution in [0.4, 0.5) is 0 Å². The minimum Gasteiger partial charge on any atom is -0.507 e. The van der Waals surface area contributed by atoms with Crippen LogP contribution in [0, 0.1) is 0 Å². The van der Waals surface area contributed by atoms with Crippen molar-refractivity contribution < 1.29 is 19.7 Å². The van der Waals surface area contributed by atoms with Crippen molar-refractivity contribution in [2.75, 3.05) is 20.2 Å². The predicted molar refractivity (Wildman–Crippen MR) is 119 cm³/mol. The van der Waals surface area contributed by atoms with Crippen LogP contribution in [-0.2, 0) is 4.74 Å². The Morgan fingerprint density at radius 1 is 1.10 bits per heavy atom. The number of phenolic OH excluding ortho intramolecular Hbond substituents is 1. The number of rotatable bonds is 6. The van der Waals surface area contributed by atoms with Gasteiger partial charge in [0.25, 0.3) is 0 Å². The first kappa shape index (κ1) is 22.0. The summed E-state index contributed by atoms with van der Waals surface area (Å²) >= 11 is 0. The highest BCUT2D eigenvalue weighted by atomic mass is 16.5. The van der Waals surface area contributed by atoms with Gasteiger partial charge in [0.05, 0.1) is 17.4 Å². The van der Waals surface area contributed by atoms with Gasteiger partial charge >= 0.3 is 5.97 Å². The van der Waals surface area contributed by atoms with Crippen molar-refractivity contribution in [1.29, 1.82) is 0 Å². The molecule has 0 bridgehead atoms. The first-order valence-electron chi connectivity index (χ1n) is 9.92. The van der Waals surface area contributed by atoms with Gasteiger partial charge in [0, 0.05) is 37.4 Å². The number of para-hydroxylation sites is 1. The molecule has 8 heteroatoms. The number of ether oxygens (including phenoxy) is 1. The molecule has 1 aliphatic rings. The van der Waals surface area contributed by atoms with E-state index in [1.54, 1.807) is 49.6 Å². The van der Waals surface area contributed by atoms with Gasteiger partial charge in [0.15, 0.2) is 0 Å². The van der Waals surface area contributed by atoms with Crippen LogP contribution in [-0.4, -0.2) is 47.4 Å². The third-order valence-corrected chi connectivity index (χ3v) is 5.52. The summed E-state index contributed by atoms with van der Waals surface area (Å²) in [7, 11) is 1.65. The molecule has 0 saturated carbocycles. The van der Waals surface area contributed by atoms with Crippen molar-refractivity contribution in [2.24, 2.45) is 17.2 Å². The Kier molecular flexibility index (Phi) is 6.71. The summed E-state index contributed by atoms with van der Waals surface area (Å²) in [5, 5.41) is 19.2. The van der Waals surface area contributed by atoms with Gasteiger partial charge in [0.2, 0.25) is 0 Å². The van der Waals surface area contributed by atoms with Crippen LogP contribution < -0.4 is 17.2 Å². The average Bonchev–Trinajstić information content (AvgIpc) is 2.77. The number of benzene rings is 2. The van der Waals surface area contributed by atoms with Crippen LogP contribution >= 0.6 is 0 Å². The van der Waals surface area contributed by atoms with Crippen LogP contribution in [0.2, 0.25) is 0 Å². The normalized spacial score (nSPS) is 19.1. The molecule has 2 unspecified atom stereocenters. The largest absolute Gasteiger partial charge is 0.507 e. The molecule has 0 aliphatic carbocycles. The Balaban J connectivity index is 1.91. The molecule has 1 heterocycles. The summed E-state index contributed by atoms with van der Waals surface area (Å²) in [5.41, 5.74) is 20.9. The smallest absolute Gasteiger partial charge is 0.335 e. The molecule has 1 fully saturated rings. The number of methoxy groups -OCH3 is 1. The molecule has 164 valence electrons. The van der Waals surface area contributed by atoms with Crippen molar-refractivity contribution in [3.05, 3.63) is 82.8 Å². The number of aromatic hydroxyl groups is 1. The van der Waals surface area contributed by atoms with Crippen molar-refractivity contribution in [2.45, 2.75) is 18.4 Å². The maximum atomic E-state index is 11.1. The second-order valence-electron chi connectivity index (χ2n) is 7.58. The highest BCUT2D eigenvalue weighted by Crippen LogP contribution is 2.32. The second kappa shape index (κ2) is 9.44. The lowest BCUT2D eigenvalue weighted by Gasteiger charge is -2.39. The van der Waals surface area contributed by atoms with E-state index in [-0.39, 0.29) is 29.2 Å². The van der Waals surface area contributed by atoms with E-state index in [1.807, 2.05) is 17.0 Å². The fourth-order valence-electron chi connectivity index (χ4n) is 3.86. The number of carboxylic acids is 1. The Morgan fingerprint density at radius 2 is 1.77 bits per heavy atom. The average molecular weight is 425 g/mol. The van der Waals surface area contributed by atoms with Crippen LogP contribution in [0.15, 0.2) is 66.1 Å². The number of hydrogen-bond acceptors (Lipinski definition) is 7. The topological polar surface area (TPSA) is 148 Å². The molecule has 0 radical (unpaired) electrons. The molecule has 2 atom stereocenters. The number of nitrogens with zero attached hydrogens (tertiary/aromatic N) is 1. The van der Waals surface area contributed by atoms with Gasteiger partial charge in [0.1, 0.15) is 11.6 Å². The molecule has 2 aromatic rings. The molecular formula is C23H28N4O4. The van der Waals surface area contributed by atoms with Gasteiger partial charge in [-0.3, -0.25) is 0 Å². The van der Waals surface area contributed by atoms with E-state index in [1.165, 1.54) is 0 Å². The highest BCUT2D eigenvalue weighted by molar-refractivity contribution is 5.87. The first-order chi connectivity index (χ1) is 14.8. The van der Waals surface area contributed by atoms with Gasteiger partial charge in [-0.15, -0.1) is 0 Å². The zero-order valence-electron chi connectivity index (χ0n) is 17.4. The quantitative estimate of drug-likeness (QED) is 0.442. The number of carbonyl (C=O) groups is 1. The lowest BCUT2D eigenvalue weighted by molar-refractivity contribution is 0.0353. The lowest BCUT2D eigenvalue weighted by Crippen LogP contribution is -2.43. The third-order valence-electron chi connectivity index (χ3n) is 5.52. The van der Waals surface area contributed by atoms with E-state index in [0.29, 0.717) is 30.0 Å². The third kappa shape index (κ3) is 5.10. The molecule has 0 aromatic heterocycles. The fourth-order valence-corrected chi connectivity index (χ4v) is 3.86. The maximum absolute atomic E-state index is 11.1. The van der Waals surface area contributed by atoms with Gasteiger partial charge in [-0.2, -0.15) is 0 Å². The minimum atomic E-state index is -0.961. The maximum Gasteiger partial charge on any atom is 0.335 e.